The summed E-state index contributed by atoms with van der Waals surface area (Å²) in [4.78, 5) is 0. The van der Waals surface area contributed by atoms with Gasteiger partial charge in [-0.05, 0) is 60.4 Å². The number of benzene rings is 2. The third-order valence-corrected chi connectivity index (χ3v) is 3.98. The van der Waals surface area contributed by atoms with E-state index in [2.05, 4.69) is 61.5 Å². The Bertz CT molecular complexity index is 591. The molecule has 0 saturated carbocycles. The number of aryl methyl sites for hydroxylation is 2. The van der Waals surface area contributed by atoms with Crippen molar-refractivity contribution in [1.82, 2.24) is 0 Å². The molecule has 0 radical (unpaired) electrons. The van der Waals surface area contributed by atoms with Crippen molar-refractivity contribution in [2.75, 3.05) is 0 Å². The highest BCUT2D eigenvalue weighted by molar-refractivity contribution is 5.80. The van der Waals surface area contributed by atoms with Gasteiger partial charge in [-0.3, -0.25) is 0 Å². The van der Waals surface area contributed by atoms with Crippen LogP contribution >= 0.6 is 0 Å². The number of rotatable bonds is 2. The topological polar surface area (TPSA) is 0 Å². The predicted octanol–water partition coefficient (Wildman–Crippen LogP) is 5.13. The molecule has 0 aromatic heterocycles. The van der Waals surface area contributed by atoms with Crippen LogP contribution in [-0.4, -0.2) is 0 Å². The van der Waals surface area contributed by atoms with E-state index in [1.807, 2.05) is 0 Å². The van der Waals surface area contributed by atoms with Crippen molar-refractivity contribution in [3.05, 3.63) is 70.8 Å². The van der Waals surface area contributed by atoms with Crippen molar-refractivity contribution in [3.63, 3.8) is 0 Å². The van der Waals surface area contributed by atoms with E-state index in [9.17, 15) is 0 Å². The maximum absolute atomic E-state index is 2.38. The van der Waals surface area contributed by atoms with Gasteiger partial charge in [-0.2, -0.15) is 0 Å². The molecule has 1 aliphatic carbocycles. The summed E-state index contributed by atoms with van der Waals surface area (Å²) in [5, 5.41) is 0. The van der Waals surface area contributed by atoms with Crippen LogP contribution < -0.4 is 0 Å². The molecule has 19 heavy (non-hydrogen) atoms. The summed E-state index contributed by atoms with van der Waals surface area (Å²) < 4.78 is 0. The Kier molecular flexibility index (Phi) is 3.50. The van der Waals surface area contributed by atoms with E-state index >= 15 is 0 Å². The molecule has 1 aliphatic rings. The average Bonchev–Trinajstić information content (AvgIpc) is 2.48. The van der Waals surface area contributed by atoms with Crippen molar-refractivity contribution in [3.8, 4) is 0 Å². The minimum atomic E-state index is 1.25. The summed E-state index contributed by atoms with van der Waals surface area (Å²) in [6.07, 6.45) is 7.51. The van der Waals surface area contributed by atoms with Gasteiger partial charge in [0.05, 0.1) is 0 Å². The summed E-state index contributed by atoms with van der Waals surface area (Å²) >= 11 is 0. The summed E-state index contributed by atoms with van der Waals surface area (Å²) in [6.45, 7) is 2.19. The van der Waals surface area contributed by atoms with Crippen LogP contribution in [0.5, 0.6) is 0 Å². The Morgan fingerprint density at radius 2 is 1.63 bits per heavy atom. The molecule has 0 heteroatoms. The Labute approximate surface area is 115 Å². The molecule has 0 amide bonds. The molecule has 2 aromatic rings. The second-order valence-electron chi connectivity index (χ2n) is 5.43. The zero-order chi connectivity index (χ0) is 13.1. The highest BCUT2D eigenvalue weighted by Crippen LogP contribution is 2.24. The van der Waals surface area contributed by atoms with Gasteiger partial charge in [-0.15, -0.1) is 0 Å². The van der Waals surface area contributed by atoms with Crippen molar-refractivity contribution in [2.45, 2.75) is 32.6 Å². The van der Waals surface area contributed by atoms with E-state index < -0.39 is 0 Å². The summed E-state index contributed by atoms with van der Waals surface area (Å²) in [7, 11) is 0. The Hall–Kier alpha value is -1.82. The van der Waals surface area contributed by atoms with E-state index in [0.717, 1.165) is 0 Å². The summed E-state index contributed by atoms with van der Waals surface area (Å²) in [6, 6.07) is 17.6. The van der Waals surface area contributed by atoms with Crippen LogP contribution in [0.4, 0.5) is 0 Å². The lowest BCUT2D eigenvalue weighted by Gasteiger charge is -2.16. The maximum atomic E-state index is 2.38. The fraction of sp³-hybridized carbons (Fsp3) is 0.263. The van der Waals surface area contributed by atoms with Gasteiger partial charge in [0.1, 0.15) is 0 Å². The van der Waals surface area contributed by atoms with Crippen LogP contribution in [0.15, 0.2) is 48.5 Å². The van der Waals surface area contributed by atoms with Crippen LogP contribution in [0, 0.1) is 0 Å². The fourth-order valence-corrected chi connectivity index (χ4v) is 2.88. The average molecular weight is 248 g/mol. The van der Waals surface area contributed by atoms with Crippen molar-refractivity contribution < 1.29 is 0 Å². The summed E-state index contributed by atoms with van der Waals surface area (Å²) in [5.41, 5.74) is 7.08. The molecular weight excluding hydrogens is 228 g/mol. The third-order valence-electron chi connectivity index (χ3n) is 3.98. The van der Waals surface area contributed by atoms with Crippen LogP contribution in [0.3, 0.4) is 0 Å². The smallest absolute Gasteiger partial charge is 0.0227 e. The summed E-state index contributed by atoms with van der Waals surface area (Å²) in [5.74, 6) is 0. The Morgan fingerprint density at radius 3 is 2.42 bits per heavy atom. The molecule has 0 heterocycles. The first-order valence-corrected chi connectivity index (χ1v) is 7.18. The number of hydrogen-bond acceptors (Lipinski definition) is 0. The van der Waals surface area contributed by atoms with Gasteiger partial charge in [0.2, 0.25) is 0 Å². The van der Waals surface area contributed by atoms with Crippen LogP contribution in [0.1, 0.15) is 42.0 Å². The standard InChI is InChI=1S/C19H20/c1-15(17-7-3-2-4-8-17)13-16-11-12-18-9-5-6-10-19(18)14-16/h2-4,7-8,11-14H,5-6,9-10H2,1H3. The Balaban J connectivity index is 1.91. The second-order valence-corrected chi connectivity index (χ2v) is 5.43. The highest BCUT2D eigenvalue weighted by Gasteiger charge is 2.08. The molecular formula is C19H20. The van der Waals surface area contributed by atoms with E-state index in [0.29, 0.717) is 0 Å². The van der Waals surface area contributed by atoms with Gasteiger partial charge >= 0.3 is 0 Å². The van der Waals surface area contributed by atoms with Gasteiger partial charge in [-0.1, -0.05) is 54.6 Å². The van der Waals surface area contributed by atoms with Gasteiger partial charge in [0.15, 0.2) is 0 Å². The quantitative estimate of drug-likeness (QED) is 0.647. The van der Waals surface area contributed by atoms with Gasteiger partial charge in [0.25, 0.3) is 0 Å². The zero-order valence-corrected chi connectivity index (χ0v) is 11.5. The maximum Gasteiger partial charge on any atom is -0.0227 e. The second kappa shape index (κ2) is 5.44. The molecule has 96 valence electrons. The molecule has 0 saturated heterocycles. The zero-order valence-electron chi connectivity index (χ0n) is 11.5. The molecule has 0 spiro atoms. The van der Waals surface area contributed by atoms with Crippen LogP contribution in [0.2, 0.25) is 0 Å². The lowest BCUT2D eigenvalue weighted by molar-refractivity contribution is 0.685. The van der Waals surface area contributed by atoms with Gasteiger partial charge in [0, 0.05) is 0 Å². The van der Waals surface area contributed by atoms with Crippen LogP contribution in [0.25, 0.3) is 11.6 Å². The van der Waals surface area contributed by atoms with Gasteiger partial charge in [-0.25, -0.2) is 0 Å². The molecule has 0 bridgehead atoms. The van der Waals surface area contributed by atoms with Crippen LogP contribution in [-0.2, 0) is 12.8 Å². The molecule has 3 rings (SSSR count). The van der Waals surface area contributed by atoms with E-state index in [1.54, 1.807) is 11.1 Å². The van der Waals surface area contributed by atoms with Crippen molar-refractivity contribution in [2.24, 2.45) is 0 Å². The first-order valence-electron chi connectivity index (χ1n) is 7.18. The lowest BCUT2D eigenvalue weighted by atomic mass is 9.90. The number of fused-ring (bicyclic) bond motifs is 1. The molecule has 0 aliphatic heterocycles. The molecule has 0 N–H and O–H groups in total. The molecule has 2 aromatic carbocycles. The fourth-order valence-electron chi connectivity index (χ4n) is 2.88. The predicted molar refractivity (Wildman–Crippen MR) is 83.1 cm³/mol. The van der Waals surface area contributed by atoms with E-state index in [-0.39, 0.29) is 0 Å². The Morgan fingerprint density at radius 1 is 0.895 bits per heavy atom. The number of hydrogen-bond donors (Lipinski definition) is 0. The van der Waals surface area contributed by atoms with Crippen molar-refractivity contribution in [1.29, 1.82) is 0 Å². The minimum absolute atomic E-state index is 1.25. The van der Waals surface area contributed by atoms with E-state index in [1.165, 1.54) is 42.4 Å². The normalized spacial score (nSPS) is 15.1. The molecule has 0 unspecified atom stereocenters. The van der Waals surface area contributed by atoms with E-state index in [4.69, 9.17) is 0 Å². The third kappa shape index (κ3) is 2.78. The first kappa shape index (κ1) is 12.2. The molecule has 0 fully saturated rings. The largest absolute Gasteiger partial charge is 0.0622 e. The first-order chi connectivity index (χ1) is 9.33. The van der Waals surface area contributed by atoms with Gasteiger partial charge < -0.3 is 0 Å². The highest BCUT2D eigenvalue weighted by atomic mass is 14.1. The minimum Gasteiger partial charge on any atom is -0.0622 e. The van der Waals surface area contributed by atoms with Crippen molar-refractivity contribution >= 4 is 11.6 Å². The molecule has 0 nitrogen and oxygen atoms in total. The monoisotopic (exact) mass is 248 g/mol. The lowest BCUT2D eigenvalue weighted by Crippen LogP contribution is -2.02. The SMILES string of the molecule is CC(=Cc1ccc2c(c1)CCCC2)c1ccccc1. The molecule has 0 atom stereocenters. The number of allylic oxidation sites excluding steroid dienone is 1.